The molecule has 1 unspecified atom stereocenters. The quantitative estimate of drug-likeness (QED) is 0.877. The standard InChI is InChI=1S/C16H25NO3S/c1-17-16(13-7-4-3-5-8-13)12-21(18,19)15-10-6-9-14(11-15)20-2/h6,9-11,13,16-17H,3-5,7-8,12H2,1-2H3. The molecular weight excluding hydrogens is 286 g/mol. The van der Waals surface area contributed by atoms with Crippen LogP contribution < -0.4 is 10.1 Å². The van der Waals surface area contributed by atoms with Gasteiger partial charge in [-0.1, -0.05) is 25.3 Å². The van der Waals surface area contributed by atoms with Crippen LogP contribution in [0.25, 0.3) is 0 Å². The van der Waals surface area contributed by atoms with Crippen LogP contribution in [0.15, 0.2) is 29.2 Å². The van der Waals surface area contributed by atoms with E-state index in [4.69, 9.17) is 4.74 Å². The Morgan fingerprint density at radius 3 is 2.62 bits per heavy atom. The lowest BCUT2D eigenvalue weighted by atomic mass is 9.84. The largest absolute Gasteiger partial charge is 0.497 e. The lowest BCUT2D eigenvalue weighted by Gasteiger charge is -2.29. The smallest absolute Gasteiger partial charge is 0.180 e. The van der Waals surface area contributed by atoms with Crippen LogP contribution in [-0.2, 0) is 9.84 Å². The van der Waals surface area contributed by atoms with E-state index in [0.29, 0.717) is 16.6 Å². The molecule has 0 heterocycles. The Bertz CT molecular complexity index is 550. The van der Waals surface area contributed by atoms with Gasteiger partial charge in [-0.05, 0) is 44.0 Å². The van der Waals surface area contributed by atoms with Crippen LogP contribution in [0.3, 0.4) is 0 Å². The van der Waals surface area contributed by atoms with Gasteiger partial charge in [0.15, 0.2) is 9.84 Å². The van der Waals surface area contributed by atoms with Crippen molar-refractivity contribution in [3.63, 3.8) is 0 Å². The van der Waals surface area contributed by atoms with Crippen molar-refractivity contribution in [2.24, 2.45) is 5.92 Å². The maximum atomic E-state index is 12.6. The van der Waals surface area contributed by atoms with E-state index in [1.807, 2.05) is 7.05 Å². The van der Waals surface area contributed by atoms with Crippen molar-refractivity contribution in [2.45, 2.75) is 43.0 Å². The van der Waals surface area contributed by atoms with Crippen molar-refractivity contribution in [1.29, 1.82) is 0 Å². The zero-order valence-electron chi connectivity index (χ0n) is 12.8. The van der Waals surface area contributed by atoms with Crippen LogP contribution in [0.1, 0.15) is 32.1 Å². The summed E-state index contributed by atoms with van der Waals surface area (Å²) in [5, 5.41) is 3.22. The van der Waals surface area contributed by atoms with E-state index in [1.54, 1.807) is 31.4 Å². The first-order valence-electron chi connectivity index (χ1n) is 7.61. The minimum absolute atomic E-state index is 0.0292. The number of rotatable bonds is 6. The van der Waals surface area contributed by atoms with Gasteiger partial charge in [0.25, 0.3) is 0 Å². The molecule has 1 aromatic carbocycles. The molecular formula is C16H25NO3S. The topological polar surface area (TPSA) is 55.4 Å². The second kappa shape index (κ2) is 7.27. The van der Waals surface area contributed by atoms with Crippen LogP contribution >= 0.6 is 0 Å². The third-order valence-electron chi connectivity index (χ3n) is 4.39. The van der Waals surface area contributed by atoms with Gasteiger partial charge in [0.2, 0.25) is 0 Å². The third kappa shape index (κ3) is 4.20. The van der Waals surface area contributed by atoms with E-state index in [0.717, 1.165) is 12.8 Å². The fourth-order valence-electron chi connectivity index (χ4n) is 3.12. The summed E-state index contributed by atoms with van der Waals surface area (Å²) in [6.07, 6.45) is 5.94. The average molecular weight is 311 g/mol. The lowest BCUT2D eigenvalue weighted by molar-refractivity contribution is 0.292. The molecule has 1 aromatic rings. The number of hydrogen-bond donors (Lipinski definition) is 1. The highest BCUT2D eigenvalue weighted by atomic mass is 32.2. The van der Waals surface area contributed by atoms with Gasteiger partial charge in [-0.25, -0.2) is 8.42 Å². The van der Waals surface area contributed by atoms with Crippen molar-refractivity contribution in [3.05, 3.63) is 24.3 Å². The van der Waals surface area contributed by atoms with Gasteiger partial charge in [-0.3, -0.25) is 0 Å². The zero-order chi connectivity index (χ0) is 15.3. The molecule has 0 radical (unpaired) electrons. The molecule has 0 aliphatic heterocycles. The molecule has 118 valence electrons. The molecule has 1 aliphatic rings. The SMILES string of the molecule is CNC(CS(=O)(=O)c1cccc(OC)c1)C1CCCCC1. The van der Waals surface area contributed by atoms with E-state index in [2.05, 4.69) is 5.32 Å². The Labute approximate surface area is 127 Å². The first-order chi connectivity index (χ1) is 10.1. The van der Waals surface area contributed by atoms with Crippen LogP contribution in [0.4, 0.5) is 0 Å². The lowest BCUT2D eigenvalue weighted by Crippen LogP contribution is -2.40. The molecule has 0 saturated heterocycles. The Hall–Kier alpha value is -1.07. The molecule has 21 heavy (non-hydrogen) atoms. The summed E-state index contributed by atoms with van der Waals surface area (Å²) in [5.74, 6) is 1.19. The number of hydrogen-bond acceptors (Lipinski definition) is 4. The molecule has 0 spiro atoms. The Morgan fingerprint density at radius 1 is 1.29 bits per heavy atom. The maximum Gasteiger partial charge on any atom is 0.180 e. The molecule has 1 N–H and O–H groups in total. The van der Waals surface area contributed by atoms with E-state index in [-0.39, 0.29) is 11.8 Å². The van der Waals surface area contributed by atoms with Gasteiger partial charge >= 0.3 is 0 Å². The van der Waals surface area contributed by atoms with Gasteiger partial charge in [0.1, 0.15) is 5.75 Å². The summed E-state index contributed by atoms with van der Waals surface area (Å²) in [7, 11) is 0.111. The molecule has 0 bridgehead atoms. The van der Waals surface area contributed by atoms with Gasteiger partial charge in [-0.2, -0.15) is 0 Å². The van der Waals surface area contributed by atoms with Crippen LogP contribution in [0, 0.1) is 5.92 Å². The molecule has 5 heteroatoms. The van der Waals surface area contributed by atoms with E-state index >= 15 is 0 Å². The van der Waals surface area contributed by atoms with Gasteiger partial charge in [0.05, 0.1) is 17.8 Å². The predicted octanol–water partition coefficient (Wildman–Crippen LogP) is 2.64. The molecule has 1 saturated carbocycles. The van der Waals surface area contributed by atoms with Gasteiger partial charge in [0, 0.05) is 6.04 Å². The Kier molecular flexibility index (Phi) is 5.65. The first-order valence-corrected chi connectivity index (χ1v) is 9.26. The van der Waals surface area contributed by atoms with Crippen molar-refractivity contribution in [1.82, 2.24) is 5.32 Å². The normalized spacial score (nSPS) is 18.4. The minimum Gasteiger partial charge on any atom is -0.497 e. The average Bonchev–Trinajstić information content (AvgIpc) is 2.53. The van der Waals surface area contributed by atoms with Gasteiger partial charge < -0.3 is 10.1 Å². The number of nitrogens with one attached hydrogen (secondary N) is 1. The summed E-state index contributed by atoms with van der Waals surface area (Å²) in [6.45, 7) is 0. The first kappa shape index (κ1) is 16.3. The fraction of sp³-hybridized carbons (Fsp3) is 0.625. The highest BCUT2D eigenvalue weighted by Gasteiger charge is 2.28. The Morgan fingerprint density at radius 2 is 2.00 bits per heavy atom. The summed E-state index contributed by atoms with van der Waals surface area (Å²) < 4.78 is 30.4. The van der Waals surface area contributed by atoms with Crippen LogP contribution in [0.2, 0.25) is 0 Å². The monoisotopic (exact) mass is 311 g/mol. The molecule has 0 amide bonds. The van der Waals surface area contributed by atoms with Crippen molar-refractivity contribution in [2.75, 3.05) is 19.9 Å². The summed E-state index contributed by atoms with van der Waals surface area (Å²) in [5.41, 5.74) is 0. The highest BCUT2D eigenvalue weighted by Crippen LogP contribution is 2.28. The van der Waals surface area contributed by atoms with E-state index in [9.17, 15) is 8.42 Å². The van der Waals surface area contributed by atoms with Crippen molar-refractivity contribution in [3.8, 4) is 5.75 Å². The Balaban J connectivity index is 2.14. The molecule has 1 fully saturated rings. The third-order valence-corrected chi connectivity index (χ3v) is 6.16. The van der Waals surface area contributed by atoms with Crippen molar-refractivity contribution >= 4 is 9.84 Å². The number of sulfone groups is 1. The number of ether oxygens (including phenoxy) is 1. The molecule has 2 rings (SSSR count). The second-order valence-electron chi connectivity index (χ2n) is 5.75. The van der Waals surface area contributed by atoms with E-state index in [1.165, 1.54) is 19.3 Å². The number of benzene rings is 1. The van der Waals surface area contributed by atoms with E-state index < -0.39 is 9.84 Å². The highest BCUT2D eigenvalue weighted by molar-refractivity contribution is 7.91. The fourth-order valence-corrected chi connectivity index (χ4v) is 4.80. The van der Waals surface area contributed by atoms with Gasteiger partial charge in [-0.15, -0.1) is 0 Å². The second-order valence-corrected chi connectivity index (χ2v) is 7.79. The molecule has 1 atom stereocenters. The molecule has 1 aliphatic carbocycles. The maximum absolute atomic E-state index is 12.6. The molecule has 4 nitrogen and oxygen atoms in total. The van der Waals surface area contributed by atoms with Crippen LogP contribution in [0.5, 0.6) is 5.75 Å². The zero-order valence-corrected chi connectivity index (χ0v) is 13.7. The summed E-state index contributed by atoms with van der Waals surface area (Å²) >= 11 is 0. The summed E-state index contributed by atoms with van der Waals surface area (Å²) in [4.78, 5) is 0.345. The minimum atomic E-state index is -3.30. The predicted molar refractivity (Wildman–Crippen MR) is 84.5 cm³/mol. The number of methoxy groups -OCH3 is 1. The molecule has 0 aromatic heterocycles. The summed E-state index contributed by atoms with van der Waals surface area (Å²) in [6, 6.07) is 6.76. The van der Waals surface area contributed by atoms with Crippen molar-refractivity contribution < 1.29 is 13.2 Å². The van der Waals surface area contributed by atoms with Crippen LogP contribution in [-0.4, -0.2) is 34.4 Å².